The van der Waals surface area contributed by atoms with Gasteiger partial charge in [0, 0.05) is 5.69 Å². The number of primary sulfonamides is 1. The van der Waals surface area contributed by atoms with Crippen molar-refractivity contribution >= 4 is 39.4 Å². The monoisotopic (exact) mass is 437 g/mol. The zero-order chi connectivity index (χ0) is 22.1. The molecule has 0 spiro atoms. The van der Waals surface area contributed by atoms with Gasteiger partial charge in [-0.05, 0) is 44.0 Å². The summed E-state index contributed by atoms with van der Waals surface area (Å²) in [5.41, 5.74) is 0.282. The van der Waals surface area contributed by atoms with E-state index in [1.165, 1.54) is 31.2 Å². The number of nitrogens with zero attached hydrogens (tertiary/aromatic N) is 1. The van der Waals surface area contributed by atoms with E-state index in [2.05, 4.69) is 5.32 Å². The number of carbonyl (C=O) groups is 4. The first-order chi connectivity index (χ1) is 14.1. The number of benzene rings is 1. The van der Waals surface area contributed by atoms with Crippen molar-refractivity contribution in [2.45, 2.75) is 43.6 Å². The first-order valence-electron chi connectivity index (χ1n) is 9.56. The Morgan fingerprint density at radius 3 is 2.17 bits per heavy atom. The van der Waals surface area contributed by atoms with Crippen LogP contribution in [0.3, 0.4) is 0 Å². The SMILES string of the molecule is C[C@@H](OC(=O)CN1C(=O)[C@H]2CCCC[C@@H]2C1=O)C(=O)Nc1ccc(S(N)(=O)=O)cc1. The third-order valence-electron chi connectivity index (χ3n) is 5.35. The van der Waals surface area contributed by atoms with Gasteiger partial charge in [-0.15, -0.1) is 0 Å². The quantitative estimate of drug-likeness (QED) is 0.482. The molecule has 1 aliphatic carbocycles. The zero-order valence-electron chi connectivity index (χ0n) is 16.4. The van der Waals surface area contributed by atoms with Crippen LogP contribution in [0, 0.1) is 11.8 Å². The molecule has 3 amide bonds. The molecule has 0 radical (unpaired) electrons. The first kappa shape index (κ1) is 21.9. The highest BCUT2D eigenvalue weighted by Crippen LogP contribution is 2.37. The highest BCUT2D eigenvalue weighted by Gasteiger charge is 2.48. The molecule has 3 N–H and O–H groups in total. The Balaban J connectivity index is 1.54. The van der Waals surface area contributed by atoms with Gasteiger partial charge in [0.15, 0.2) is 6.10 Å². The third kappa shape index (κ3) is 4.68. The molecule has 1 aliphatic heterocycles. The number of nitrogens with one attached hydrogen (secondary N) is 1. The van der Waals surface area contributed by atoms with Crippen molar-refractivity contribution in [3.05, 3.63) is 24.3 Å². The molecule has 162 valence electrons. The number of anilines is 1. The average Bonchev–Trinajstić information content (AvgIpc) is 2.93. The fourth-order valence-electron chi connectivity index (χ4n) is 3.78. The molecule has 1 heterocycles. The minimum absolute atomic E-state index is 0.111. The van der Waals surface area contributed by atoms with Gasteiger partial charge in [-0.1, -0.05) is 12.8 Å². The van der Waals surface area contributed by atoms with E-state index in [4.69, 9.17) is 9.88 Å². The Morgan fingerprint density at radius 1 is 1.13 bits per heavy atom. The second kappa shape index (κ2) is 8.52. The average molecular weight is 437 g/mol. The van der Waals surface area contributed by atoms with Crippen LogP contribution in [-0.4, -0.2) is 49.7 Å². The standard InChI is InChI=1S/C19H23N3O7S/c1-11(17(24)21-12-6-8-13(9-7-12)30(20,27)28)29-16(23)10-22-18(25)14-4-2-3-5-15(14)19(22)26/h6-9,11,14-15H,2-5,10H2,1H3,(H,21,24)(H2,20,27,28)/t11-,14+,15+/m1/s1. The number of sulfonamides is 1. The third-order valence-corrected chi connectivity index (χ3v) is 6.28. The fraction of sp³-hybridized carbons (Fsp3) is 0.474. The smallest absolute Gasteiger partial charge is 0.326 e. The van der Waals surface area contributed by atoms with E-state index >= 15 is 0 Å². The highest BCUT2D eigenvalue weighted by atomic mass is 32.2. The number of hydrogen-bond acceptors (Lipinski definition) is 7. The molecule has 1 saturated carbocycles. The number of esters is 1. The van der Waals surface area contributed by atoms with Gasteiger partial charge in [0.25, 0.3) is 5.91 Å². The molecule has 0 unspecified atom stereocenters. The second-order valence-corrected chi connectivity index (χ2v) is 9.01. The van der Waals surface area contributed by atoms with E-state index in [0.717, 1.165) is 17.7 Å². The number of likely N-dealkylation sites (tertiary alicyclic amines) is 1. The lowest BCUT2D eigenvalue weighted by atomic mass is 9.81. The van der Waals surface area contributed by atoms with Gasteiger partial charge in [-0.2, -0.15) is 0 Å². The van der Waals surface area contributed by atoms with Crippen molar-refractivity contribution in [2.24, 2.45) is 17.0 Å². The Kier molecular flexibility index (Phi) is 6.22. The van der Waals surface area contributed by atoms with E-state index in [-0.39, 0.29) is 34.2 Å². The summed E-state index contributed by atoms with van der Waals surface area (Å²) in [5, 5.41) is 7.49. The van der Waals surface area contributed by atoms with Crippen LogP contribution in [-0.2, 0) is 33.9 Å². The summed E-state index contributed by atoms with van der Waals surface area (Å²) in [6.07, 6.45) is 1.86. The molecule has 10 nitrogen and oxygen atoms in total. The lowest BCUT2D eigenvalue weighted by molar-refractivity contribution is -0.158. The topological polar surface area (TPSA) is 153 Å². The number of fused-ring (bicyclic) bond motifs is 1. The zero-order valence-corrected chi connectivity index (χ0v) is 17.2. The van der Waals surface area contributed by atoms with E-state index in [1.807, 2.05) is 0 Å². The summed E-state index contributed by atoms with van der Waals surface area (Å²) < 4.78 is 27.6. The van der Waals surface area contributed by atoms with Crippen molar-refractivity contribution in [1.29, 1.82) is 0 Å². The normalized spacial score (nSPS) is 22.4. The highest BCUT2D eigenvalue weighted by molar-refractivity contribution is 7.89. The number of hydrogen-bond donors (Lipinski definition) is 2. The second-order valence-electron chi connectivity index (χ2n) is 7.45. The number of nitrogens with two attached hydrogens (primary N) is 1. The number of amides is 3. The van der Waals surface area contributed by atoms with Crippen LogP contribution in [0.4, 0.5) is 5.69 Å². The predicted molar refractivity (Wildman–Crippen MR) is 104 cm³/mol. The number of rotatable bonds is 6. The van der Waals surface area contributed by atoms with Crippen LogP contribution in [0.15, 0.2) is 29.2 Å². The van der Waals surface area contributed by atoms with Crippen molar-refractivity contribution in [2.75, 3.05) is 11.9 Å². The summed E-state index contributed by atoms with van der Waals surface area (Å²) in [6, 6.07) is 5.14. The Morgan fingerprint density at radius 2 is 1.67 bits per heavy atom. The maximum atomic E-state index is 12.4. The van der Waals surface area contributed by atoms with E-state index < -0.39 is 34.5 Å². The van der Waals surface area contributed by atoms with Gasteiger partial charge in [-0.3, -0.25) is 24.1 Å². The van der Waals surface area contributed by atoms with Crippen LogP contribution in [0.1, 0.15) is 32.6 Å². The van der Waals surface area contributed by atoms with Gasteiger partial charge >= 0.3 is 5.97 Å². The predicted octanol–water partition coefficient (Wildman–Crippen LogP) is 0.379. The molecular formula is C19H23N3O7S. The van der Waals surface area contributed by atoms with Gasteiger partial charge in [0.05, 0.1) is 16.7 Å². The van der Waals surface area contributed by atoms with Crippen LogP contribution in [0.2, 0.25) is 0 Å². The van der Waals surface area contributed by atoms with Gasteiger partial charge < -0.3 is 10.1 Å². The maximum absolute atomic E-state index is 12.4. The van der Waals surface area contributed by atoms with Crippen molar-refractivity contribution in [3.8, 4) is 0 Å². The van der Waals surface area contributed by atoms with Crippen LogP contribution in [0.5, 0.6) is 0 Å². The van der Waals surface area contributed by atoms with E-state index in [9.17, 15) is 27.6 Å². The minimum Gasteiger partial charge on any atom is -0.451 e. The van der Waals surface area contributed by atoms with Crippen molar-refractivity contribution < 1.29 is 32.3 Å². The summed E-state index contributed by atoms with van der Waals surface area (Å²) in [6.45, 7) is 0.824. The van der Waals surface area contributed by atoms with Crippen molar-refractivity contribution in [3.63, 3.8) is 0 Å². The Bertz CT molecular complexity index is 950. The molecule has 3 atom stereocenters. The van der Waals surface area contributed by atoms with Crippen LogP contribution in [0.25, 0.3) is 0 Å². The molecule has 0 bridgehead atoms. The molecular weight excluding hydrogens is 414 g/mol. The first-order valence-corrected chi connectivity index (χ1v) is 11.1. The molecule has 1 saturated heterocycles. The van der Waals surface area contributed by atoms with Crippen LogP contribution >= 0.6 is 0 Å². The number of imide groups is 1. The Labute approximate surface area is 173 Å². The minimum atomic E-state index is -3.85. The molecule has 1 aromatic rings. The molecule has 3 rings (SSSR count). The summed E-state index contributed by atoms with van der Waals surface area (Å²) in [5.74, 6) is -2.94. The molecule has 30 heavy (non-hydrogen) atoms. The molecule has 2 aliphatic rings. The maximum Gasteiger partial charge on any atom is 0.326 e. The molecule has 2 fully saturated rings. The summed E-state index contributed by atoms with van der Waals surface area (Å²) in [7, 11) is -3.85. The summed E-state index contributed by atoms with van der Waals surface area (Å²) in [4.78, 5) is 50.1. The van der Waals surface area contributed by atoms with Gasteiger partial charge in [-0.25, -0.2) is 13.6 Å². The number of ether oxygens (including phenoxy) is 1. The summed E-state index contributed by atoms with van der Waals surface area (Å²) >= 11 is 0. The van der Waals surface area contributed by atoms with Gasteiger partial charge in [0.2, 0.25) is 21.8 Å². The molecule has 11 heteroatoms. The molecule has 0 aromatic heterocycles. The fourth-order valence-corrected chi connectivity index (χ4v) is 4.29. The largest absolute Gasteiger partial charge is 0.451 e. The van der Waals surface area contributed by atoms with E-state index in [1.54, 1.807) is 0 Å². The lowest BCUT2D eigenvalue weighted by Crippen LogP contribution is -2.39. The Hall–Kier alpha value is -2.79. The van der Waals surface area contributed by atoms with Crippen molar-refractivity contribution in [1.82, 2.24) is 4.90 Å². The number of carbonyl (C=O) groups excluding carboxylic acids is 4. The van der Waals surface area contributed by atoms with Crippen LogP contribution < -0.4 is 10.5 Å². The lowest BCUT2D eigenvalue weighted by Gasteiger charge is -2.19. The van der Waals surface area contributed by atoms with Gasteiger partial charge in [0.1, 0.15) is 6.54 Å². The van der Waals surface area contributed by atoms with E-state index in [0.29, 0.717) is 12.8 Å². The molecule has 1 aromatic carbocycles.